The summed E-state index contributed by atoms with van der Waals surface area (Å²) in [6.45, 7) is 0. The number of anilines is 1. The van der Waals surface area contributed by atoms with E-state index in [-0.39, 0.29) is 17.0 Å². The first-order valence-corrected chi connectivity index (χ1v) is 6.19. The maximum atomic E-state index is 11.4. The zero-order valence-corrected chi connectivity index (χ0v) is 9.22. The molecule has 82 valence electrons. The van der Waals surface area contributed by atoms with Crippen LogP contribution >= 0.6 is 11.6 Å². The summed E-state index contributed by atoms with van der Waals surface area (Å²) in [6, 6.07) is 0.0581. The highest BCUT2D eigenvalue weighted by Crippen LogP contribution is 2.20. The zero-order chi connectivity index (χ0) is 10.9. The van der Waals surface area contributed by atoms with Gasteiger partial charge < -0.3 is 0 Å². The van der Waals surface area contributed by atoms with Crippen molar-refractivity contribution in [2.24, 2.45) is 0 Å². The van der Waals surface area contributed by atoms with Crippen LogP contribution in [0.3, 0.4) is 0 Å². The maximum Gasteiger partial charge on any atom is 0.300 e. The molecule has 0 aromatic carbocycles. The Kier molecular flexibility index (Phi) is 2.76. The lowest BCUT2D eigenvalue weighted by molar-refractivity contribution is 0.586. The van der Waals surface area contributed by atoms with Crippen molar-refractivity contribution in [3.63, 3.8) is 0 Å². The lowest BCUT2D eigenvalue weighted by Crippen LogP contribution is -2.32. The van der Waals surface area contributed by atoms with E-state index in [1.165, 1.54) is 12.4 Å². The Bertz CT molecular complexity index is 443. The van der Waals surface area contributed by atoms with E-state index in [9.17, 15) is 8.42 Å². The lowest BCUT2D eigenvalue weighted by Gasteiger charge is -2.06. The Morgan fingerprint density at radius 1 is 1.33 bits per heavy atom. The van der Waals surface area contributed by atoms with Gasteiger partial charge in [0, 0.05) is 6.04 Å². The van der Waals surface area contributed by atoms with E-state index in [4.69, 9.17) is 11.6 Å². The van der Waals surface area contributed by atoms with Gasteiger partial charge in [0.2, 0.25) is 0 Å². The maximum absolute atomic E-state index is 11.4. The molecule has 2 N–H and O–H groups in total. The first-order valence-electron chi connectivity index (χ1n) is 4.33. The second-order valence-electron chi connectivity index (χ2n) is 3.22. The van der Waals surface area contributed by atoms with Gasteiger partial charge in [-0.25, -0.2) is 9.97 Å². The molecule has 1 saturated carbocycles. The average molecular weight is 249 g/mol. The molecule has 0 bridgehead atoms. The van der Waals surface area contributed by atoms with Crippen molar-refractivity contribution in [1.29, 1.82) is 0 Å². The second-order valence-corrected chi connectivity index (χ2v) is 5.06. The molecular formula is C7H9ClN4O2S. The van der Waals surface area contributed by atoms with Crippen LogP contribution in [-0.4, -0.2) is 24.4 Å². The van der Waals surface area contributed by atoms with Crippen molar-refractivity contribution >= 4 is 27.6 Å². The van der Waals surface area contributed by atoms with E-state index >= 15 is 0 Å². The van der Waals surface area contributed by atoms with Crippen LogP contribution < -0.4 is 9.44 Å². The fraction of sp³-hybridized carbons (Fsp3) is 0.429. The van der Waals surface area contributed by atoms with Crippen molar-refractivity contribution in [1.82, 2.24) is 14.7 Å². The molecule has 2 rings (SSSR count). The summed E-state index contributed by atoms with van der Waals surface area (Å²) >= 11 is 5.51. The van der Waals surface area contributed by atoms with Gasteiger partial charge in [-0.1, -0.05) is 11.6 Å². The molecule has 0 saturated heterocycles. The molecule has 6 nitrogen and oxygen atoms in total. The summed E-state index contributed by atoms with van der Waals surface area (Å²) in [5.41, 5.74) is 0. The van der Waals surface area contributed by atoms with Gasteiger partial charge in [-0.05, 0) is 12.8 Å². The number of halogens is 1. The molecule has 1 aromatic rings. The van der Waals surface area contributed by atoms with Crippen LogP contribution in [0, 0.1) is 0 Å². The summed E-state index contributed by atoms with van der Waals surface area (Å²) in [7, 11) is -3.53. The van der Waals surface area contributed by atoms with Crippen LogP contribution in [0.25, 0.3) is 0 Å². The summed E-state index contributed by atoms with van der Waals surface area (Å²) in [4.78, 5) is 7.47. The minimum absolute atomic E-state index is 0.0581. The number of nitrogens with one attached hydrogen (secondary N) is 2. The van der Waals surface area contributed by atoms with E-state index in [0.29, 0.717) is 0 Å². The molecule has 1 aromatic heterocycles. The Balaban J connectivity index is 2.03. The van der Waals surface area contributed by atoms with E-state index in [1.54, 1.807) is 0 Å². The molecule has 15 heavy (non-hydrogen) atoms. The summed E-state index contributed by atoms with van der Waals surface area (Å²) < 4.78 is 27.5. The molecule has 0 aliphatic heterocycles. The molecule has 0 amide bonds. The first kappa shape index (κ1) is 10.6. The molecule has 1 heterocycles. The van der Waals surface area contributed by atoms with E-state index in [2.05, 4.69) is 19.4 Å². The van der Waals surface area contributed by atoms with Crippen molar-refractivity contribution in [3.05, 3.63) is 17.5 Å². The molecule has 0 unspecified atom stereocenters. The summed E-state index contributed by atoms with van der Waals surface area (Å²) in [6.07, 6.45) is 4.30. The Morgan fingerprint density at radius 2 is 2.07 bits per heavy atom. The van der Waals surface area contributed by atoms with Gasteiger partial charge in [0.15, 0.2) is 5.82 Å². The van der Waals surface area contributed by atoms with Crippen molar-refractivity contribution in [3.8, 4) is 0 Å². The third-order valence-electron chi connectivity index (χ3n) is 1.76. The van der Waals surface area contributed by atoms with Gasteiger partial charge in [-0.3, -0.25) is 4.72 Å². The monoisotopic (exact) mass is 248 g/mol. The summed E-state index contributed by atoms with van der Waals surface area (Å²) in [5, 5.41) is 0.216. The number of aromatic nitrogens is 2. The molecule has 0 atom stereocenters. The highest BCUT2D eigenvalue weighted by molar-refractivity contribution is 7.90. The van der Waals surface area contributed by atoms with Gasteiger partial charge in [-0.2, -0.15) is 13.1 Å². The molecule has 1 aliphatic carbocycles. The van der Waals surface area contributed by atoms with Crippen LogP contribution in [0.5, 0.6) is 0 Å². The van der Waals surface area contributed by atoms with Crippen LogP contribution in [0.15, 0.2) is 12.4 Å². The lowest BCUT2D eigenvalue weighted by atomic mass is 10.7. The minimum Gasteiger partial charge on any atom is -0.253 e. The fourth-order valence-corrected chi connectivity index (χ4v) is 2.16. The predicted octanol–water partition coefficient (Wildman–Crippen LogP) is 0.539. The number of rotatable bonds is 4. The SMILES string of the molecule is O=S(=O)(Nc1cnc(Cl)cn1)NC1CC1. The van der Waals surface area contributed by atoms with Crippen molar-refractivity contribution in [2.45, 2.75) is 18.9 Å². The second kappa shape index (κ2) is 3.92. The average Bonchev–Trinajstić information content (AvgIpc) is 2.91. The van der Waals surface area contributed by atoms with E-state index in [0.717, 1.165) is 12.8 Å². The summed E-state index contributed by atoms with van der Waals surface area (Å²) in [5.74, 6) is 0.146. The number of nitrogens with zero attached hydrogens (tertiary/aromatic N) is 2. The Morgan fingerprint density at radius 3 is 2.60 bits per heavy atom. The van der Waals surface area contributed by atoms with Gasteiger partial charge in [-0.15, -0.1) is 0 Å². The highest BCUT2D eigenvalue weighted by Gasteiger charge is 2.26. The number of hydrogen-bond acceptors (Lipinski definition) is 4. The van der Waals surface area contributed by atoms with Crippen LogP contribution in [0.2, 0.25) is 5.15 Å². The molecule has 1 fully saturated rings. The number of hydrogen-bond donors (Lipinski definition) is 2. The van der Waals surface area contributed by atoms with Gasteiger partial charge in [0.25, 0.3) is 0 Å². The van der Waals surface area contributed by atoms with E-state index in [1.807, 2.05) is 0 Å². The van der Waals surface area contributed by atoms with Gasteiger partial charge >= 0.3 is 10.2 Å². The first-order chi connectivity index (χ1) is 7.05. The molecular weight excluding hydrogens is 240 g/mol. The smallest absolute Gasteiger partial charge is 0.253 e. The van der Waals surface area contributed by atoms with Crippen LogP contribution in [0.1, 0.15) is 12.8 Å². The van der Waals surface area contributed by atoms with Crippen LogP contribution in [0.4, 0.5) is 5.82 Å². The van der Waals surface area contributed by atoms with E-state index < -0.39 is 10.2 Å². The fourth-order valence-electron chi connectivity index (χ4n) is 0.953. The normalized spacial score (nSPS) is 16.3. The molecule has 1 aliphatic rings. The quantitative estimate of drug-likeness (QED) is 0.815. The topological polar surface area (TPSA) is 84.0 Å². The largest absolute Gasteiger partial charge is 0.300 e. The predicted molar refractivity (Wildman–Crippen MR) is 55.7 cm³/mol. The molecule has 8 heteroatoms. The third-order valence-corrected chi connectivity index (χ3v) is 3.08. The van der Waals surface area contributed by atoms with Gasteiger partial charge in [0.05, 0.1) is 12.4 Å². The Hall–Kier alpha value is -0.920. The molecule has 0 spiro atoms. The minimum atomic E-state index is -3.53. The van der Waals surface area contributed by atoms with Crippen molar-refractivity contribution < 1.29 is 8.42 Å². The third kappa shape index (κ3) is 3.29. The van der Waals surface area contributed by atoms with Crippen molar-refractivity contribution in [2.75, 3.05) is 4.72 Å². The molecule has 0 radical (unpaired) electrons. The zero-order valence-electron chi connectivity index (χ0n) is 7.64. The highest BCUT2D eigenvalue weighted by atomic mass is 35.5. The van der Waals surface area contributed by atoms with Gasteiger partial charge in [0.1, 0.15) is 5.15 Å². The van der Waals surface area contributed by atoms with Crippen LogP contribution in [-0.2, 0) is 10.2 Å². The standard InChI is InChI=1S/C7H9ClN4O2S/c8-6-3-10-7(4-9-6)12-15(13,14)11-5-1-2-5/h3-5,11H,1-2H2,(H,10,12). The Labute approximate surface area is 92.3 Å².